The Morgan fingerprint density at radius 1 is 0.800 bits per heavy atom. The molecule has 0 aliphatic carbocycles. The van der Waals surface area contributed by atoms with Crippen LogP contribution in [-0.4, -0.2) is 46.8 Å². The lowest BCUT2D eigenvalue weighted by molar-refractivity contribution is -0.132. The van der Waals surface area contributed by atoms with E-state index in [0.717, 1.165) is 52.8 Å². The fourth-order valence-corrected chi connectivity index (χ4v) is 5.42. The molecular formula is C29H28N4O2. The quantitative estimate of drug-likeness (QED) is 0.425. The molecule has 0 bridgehead atoms. The summed E-state index contributed by atoms with van der Waals surface area (Å²) in [6.07, 6.45) is 0. The van der Waals surface area contributed by atoms with Gasteiger partial charge < -0.3 is 14.5 Å². The van der Waals surface area contributed by atoms with Gasteiger partial charge >= 0.3 is 0 Å². The molecule has 0 unspecified atom stereocenters. The maximum Gasteiger partial charge on any atom is 0.234 e. The molecule has 0 saturated carbocycles. The number of aromatic nitrogens is 2. The molecule has 4 aromatic rings. The Kier molecular flexibility index (Phi) is 5.29. The molecule has 1 aromatic heterocycles. The molecule has 6 rings (SSSR count). The maximum absolute atomic E-state index is 13.9. The molecule has 1 saturated heterocycles. The number of nitrogens with zero attached hydrogens (tertiary/aromatic N) is 4. The first-order valence-corrected chi connectivity index (χ1v) is 12.1. The van der Waals surface area contributed by atoms with Crippen molar-refractivity contribution in [3.63, 3.8) is 0 Å². The molecule has 6 nitrogen and oxygen atoms in total. The number of hydrogen-bond acceptors (Lipinski definition) is 4. The van der Waals surface area contributed by atoms with Crippen LogP contribution in [0.4, 0.5) is 5.69 Å². The van der Waals surface area contributed by atoms with Crippen LogP contribution >= 0.6 is 0 Å². The lowest BCUT2D eigenvalue weighted by atomic mass is 9.86. The molecule has 6 heteroatoms. The zero-order chi connectivity index (χ0) is 23.9. The molecule has 1 amide bonds. The van der Waals surface area contributed by atoms with Crippen LogP contribution < -0.4 is 9.64 Å². The second kappa shape index (κ2) is 8.62. The van der Waals surface area contributed by atoms with Gasteiger partial charge in [0.2, 0.25) is 5.91 Å². The fraction of sp³-hybridized carbons (Fsp3) is 0.241. The second-order valence-electron chi connectivity index (χ2n) is 9.19. The van der Waals surface area contributed by atoms with Crippen LogP contribution in [0.25, 0.3) is 5.69 Å². The lowest BCUT2D eigenvalue weighted by Crippen LogP contribution is -2.50. The normalized spacial score (nSPS) is 15.4. The summed E-state index contributed by atoms with van der Waals surface area (Å²) in [5.74, 6) is 1.33. The molecule has 0 N–H and O–H groups in total. The van der Waals surface area contributed by atoms with Gasteiger partial charge in [0.25, 0.3) is 0 Å². The minimum absolute atomic E-state index is 0.140. The average molecular weight is 465 g/mol. The van der Waals surface area contributed by atoms with Gasteiger partial charge in [-0.3, -0.25) is 4.79 Å². The Labute approximate surface area is 205 Å². The van der Waals surface area contributed by atoms with Crippen LogP contribution in [-0.2, 0) is 4.79 Å². The van der Waals surface area contributed by atoms with Crippen molar-refractivity contribution < 1.29 is 9.53 Å². The first-order chi connectivity index (χ1) is 17.1. The van der Waals surface area contributed by atoms with E-state index in [0.29, 0.717) is 13.1 Å². The third-order valence-corrected chi connectivity index (χ3v) is 7.09. The summed E-state index contributed by atoms with van der Waals surface area (Å²) < 4.78 is 8.11. The first-order valence-electron chi connectivity index (χ1n) is 12.1. The molecule has 3 aromatic carbocycles. The van der Waals surface area contributed by atoms with E-state index >= 15 is 0 Å². The molecule has 1 fully saturated rings. The molecule has 3 heterocycles. The number of ether oxygens (including phenoxy) is 1. The van der Waals surface area contributed by atoms with Crippen molar-refractivity contribution in [2.45, 2.75) is 19.8 Å². The Morgan fingerprint density at radius 3 is 2.00 bits per heavy atom. The van der Waals surface area contributed by atoms with E-state index in [4.69, 9.17) is 9.84 Å². The van der Waals surface area contributed by atoms with Crippen molar-refractivity contribution in [3.8, 4) is 17.2 Å². The number of aryl methyl sites for hydroxylation is 1. The van der Waals surface area contributed by atoms with Crippen molar-refractivity contribution in [2.75, 3.05) is 31.1 Å². The number of rotatable bonds is 3. The zero-order valence-corrected chi connectivity index (χ0v) is 20.0. The summed E-state index contributed by atoms with van der Waals surface area (Å²) in [6, 6.07) is 26.0. The summed E-state index contributed by atoms with van der Waals surface area (Å²) >= 11 is 0. The molecule has 0 radical (unpaired) electrons. The zero-order valence-electron chi connectivity index (χ0n) is 20.0. The van der Waals surface area contributed by atoms with E-state index < -0.39 is 0 Å². The van der Waals surface area contributed by atoms with Gasteiger partial charge in [0.1, 0.15) is 11.5 Å². The molecule has 176 valence electrons. The predicted molar refractivity (Wildman–Crippen MR) is 137 cm³/mol. The summed E-state index contributed by atoms with van der Waals surface area (Å²) in [4.78, 5) is 18.3. The number of amides is 1. The average Bonchev–Trinajstić information content (AvgIpc) is 3.21. The number of benzene rings is 3. The summed E-state index contributed by atoms with van der Waals surface area (Å²) in [6.45, 7) is 7.09. The second-order valence-corrected chi connectivity index (χ2v) is 9.19. The Hall–Kier alpha value is -4.06. The van der Waals surface area contributed by atoms with E-state index in [1.807, 2.05) is 76.3 Å². The van der Waals surface area contributed by atoms with Crippen molar-refractivity contribution in [1.82, 2.24) is 14.7 Å². The maximum atomic E-state index is 13.9. The van der Waals surface area contributed by atoms with E-state index in [2.05, 4.69) is 30.9 Å². The van der Waals surface area contributed by atoms with E-state index in [1.54, 1.807) is 0 Å². The van der Waals surface area contributed by atoms with Crippen molar-refractivity contribution >= 4 is 11.6 Å². The first kappa shape index (κ1) is 21.5. The van der Waals surface area contributed by atoms with Crippen LogP contribution in [0.2, 0.25) is 0 Å². The van der Waals surface area contributed by atoms with E-state index in [-0.39, 0.29) is 11.8 Å². The standard InChI is InChI=1S/C29H28N4O2/c1-20-28(21(2)33(30-20)22-10-4-3-5-11-22)31-16-18-32(19-17-31)29(34)27-23-12-6-8-14-25(23)35-26-15-9-7-13-24(26)27/h3-15,27H,16-19H2,1-2H3. The number of hydrogen-bond donors (Lipinski definition) is 0. The summed E-state index contributed by atoms with van der Waals surface area (Å²) in [5.41, 5.74) is 6.25. The SMILES string of the molecule is Cc1nn(-c2ccccc2)c(C)c1N1CCN(C(=O)C2c3ccccc3Oc3ccccc32)CC1. The smallest absolute Gasteiger partial charge is 0.234 e. The fourth-order valence-electron chi connectivity index (χ4n) is 5.42. The van der Waals surface area contributed by atoms with Crippen LogP contribution in [0, 0.1) is 13.8 Å². The van der Waals surface area contributed by atoms with Gasteiger partial charge in [0.05, 0.1) is 28.7 Å². The number of carbonyl (C=O) groups is 1. The summed E-state index contributed by atoms with van der Waals surface area (Å²) in [7, 11) is 0. The molecule has 0 atom stereocenters. The monoisotopic (exact) mass is 464 g/mol. The molecular weight excluding hydrogens is 436 g/mol. The van der Waals surface area contributed by atoms with Gasteiger partial charge in [-0.05, 0) is 38.1 Å². The largest absolute Gasteiger partial charge is 0.457 e. The topological polar surface area (TPSA) is 50.6 Å². The van der Waals surface area contributed by atoms with E-state index in [9.17, 15) is 4.79 Å². The lowest BCUT2D eigenvalue weighted by Gasteiger charge is -2.38. The third-order valence-electron chi connectivity index (χ3n) is 7.09. The Morgan fingerprint density at radius 2 is 1.37 bits per heavy atom. The minimum Gasteiger partial charge on any atom is -0.457 e. The van der Waals surface area contributed by atoms with E-state index in [1.165, 1.54) is 5.69 Å². The number of anilines is 1. The van der Waals surface area contributed by atoms with Gasteiger partial charge in [0.15, 0.2) is 0 Å². The third kappa shape index (κ3) is 3.66. The van der Waals surface area contributed by atoms with Gasteiger partial charge in [0, 0.05) is 37.3 Å². The Bertz CT molecular complexity index is 1340. The van der Waals surface area contributed by atoms with Crippen LogP contribution in [0.1, 0.15) is 28.4 Å². The highest BCUT2D eigenvalue weighted by molar-refractivity contribution is 5.90. The Balaban J connectivity index is 1.24. The summed E-state index contributed by atoms with van der Waals surface area (Å²) in [5, 5.41) is 4.81. The molecule has 35 heavy (non-hydrogen) atoms. The van der Waals surface area contributed by atoms with Crippen LogP contribution in [0.3, 0.4) is 0 Å². The molecule has 2 aliphatic heterocycles. The van der Waals surface area contributed by atoms with Gasteiger partial charge in [-0.25, -0.2) is 4.68 Å². The molecule has 2 aliphatic rings. The highest BCUT2D eigenvalue weighted by atomic mass is 16.5. The highest BCUT2D eigenvalue weighted by Crippen LogP contribution is 2.44. The van der Waals surface area contributed by atoms with Crippen LogP contribution in [0.5, 0.6) is 11.5 Å². The number of carbonyl (C=O) groups excluding carboxylic acids is 1. The predicted octanol–water partition coefficient (Wildman–Crippen LogP) is 5.08. The number of fused-ring (bicyclic) bond motifs is 2. The van der Waals surface area contributed by atoms with Crippen LogP contribution in [0.15, 0.2) is 78.9 Å². The highest BCUT2D eigenvalue weighted by Gasteiger charge is 2.36. The van der Waals surface area contributed by atoms with Gasteiger partial charge in [-0.2, -0.15) is 5.10 Å². The van der Waals surface area contributed by atoms with Crippen molar-refractivity contribution in [2.24, 2.45) is 0 Å². The molecule has 0 spiro atoms. The number of para-hydroxylation sites is 3. The van der Waals surface area contributed by atoms with Gasteiger partial charge in [-0.15, -0.1) is 0 Å². The minimum atomic E-state index is -0.341. The van der Waals surface area contributed by atoms with Crippen molar-refractivity contribution in [1.29, 1.82) is 0 Å². The van der Waals surface area contributed by atoms with Gasteiger partial charge in [-0.1, -0.05) is 54.6 Å². The van der Waals surface area contributed by atoms with Crippen molar-refractivity contribution in [3.05, 3.63) is 101 Å². The number of piperazine rings is 1.